The van der Waals surface area contributed by atoms with Crippen molar-refractivity contribution < 1.29 is 4.74 Å². The Balaban J connectivity index is 2.41. The number of aryl methyl sites for hydroxylation is 1. The molecule has 2 rings (SSSR count). The Kier molecular flexibility index (Phi) is 3.38. The van der Waals surface area contributed by atoms with Crippen LogP contribution in [0.25, 0.3) is 11.3 Å². The molecule has 4 nitrogen and oxygen atoms in total. The highest BCUT2D eigenvalue weighted by molar-refractivity contribution is 9.10. The maximum absolute atomic E-state index is 5.68. The van der Waals surface area contributed by atoms with Crippen molar-refractivity contribution in [2.24, 2.45) is 0 Å². The van der Waals surface area contributed by atoms with Crippen molar-refractivity contribution in [2.45, 2.75) is 13.8 Å². The van der Waals surface area contributed by atoms with Gasteiger partial charge in [-0.2, -0.15) is 5.10 Å². The van der Waals surface area contributed by atoms with Crippen molar-refractivity contribution >= 4 is 21.7 Å². The molecule has 1 aromatic carbocycles. The highest BCUT2D eigenvalue weighted by Gasteiger charge is 2.11. The van der Waals surface area contributed by atoms with E-state index in [4.69, 9.17) is 10.5 Å². The Labute approximate surface area is 108 Å². The fourth-order valence-electron chi connectivity index (χ4n) is 1.66. The van der Waals surface area contributed by atoms with E-state index in [1.165, 1.54) is 0 Å². The van der Waals surface area contributed by atoms with Crippen LogP contribution in [0.2, 0.25) is 0 Å². The number of benzene rings is 1. The summed E-state index contributed by atoms with van der Waals surface area (Å²) in [6.45, 7) is 4.66. The number of halogens is 1. The number of nitrogens with zero attached hydrogens (tertiary/aromatic N) is 1. The van der Waals surface area contributed by atoms with Gasteiger partial charge >= 0.3 is 0 Å². The first-order valence-electron chi connectivity index (χ1n) is 5.36. The zero-order valence-electron chi connectivity index (χ0n) is 9.75. The summed E-state index contributed by atoms with van der Waals surface area (Å²) < 4.78 is 6.29. The Morgan fingerprint density at radius 2 is 2.24 bits per heavy atom. The summed E-state index contributed by atoms with van der Waals surface area (Å²) in [5, 5.41) is 6.86. The van der Waals surface area contributed by atoms with Crippen LogP contribution in [0.15, 0.2) is 22.7 Å². The van der Waals surface area contributed by atoms with E-state index in [0.717, 1.165) is 27.0 Å². The Hall–Kier alpha value is -1.49. The summed E-state index contributed by atoms with van der Waals surface area (Å²) in [5.74, 6) is 1.37. The van der Waals surface area contributed by atoms with E-state index in [2.05, 4.69) is 26.1 Å². The topological polar surface area (TPSA) is 63.9 Å². The molecule has 1 aromatic heterocycles. The molecule has 0 aliphatic rings. The number of nitrogen functional groups attached to an aromatic ring is 1. The molecule has 0 spiro atoms. The van der Waals surface area contributed by atoms with E-state index in [1.807, 2.05) is 32.0 Å². The van der Waals surface area contributed by atoms with E-state index in [-0.39, 0.29) is 0 Å². The summed E-state index contributed by atoms with van der Waals surface area (Å²) in [7, 11) is 0. The van der Waals surface area contributed by atoms with Crippen molar-refractivity contribution in [1.82, 2.24) is 10.2 Å². The molecule has 0 atom stereocenters. The lowest BCUT2D eigenvalue weighted by Crippen LogP contribution is -1.94. The van der Waals surface area contributed by atoms with Crippen molar-refractivity contribution in [3.8, 4) is 17.0 Å². The largest absolute Gasteiger partial charge is 0.494 e. The van der Waals surface area contributed by atoms with E-state index >= 15 is 0 Å². The molecule has 2 aromatic rings. The number of anilines is 1. The van der Waals surface area contributed by atoms with Crippen LogP contribution < -0.4 is 10.5 Å². The number of hydrogen-bond donors (Lipinski definition) is 2. The second kappa shape index (κ2) is 4.79. The molecule has 0 unspecified atom stereocenters. The van der Waals surface area contributed by atoms with Gasteiger partial charge in [-0.15, -0.1) is 0 Å². The fraction of sp³-hybridized carbons (Fsp3) is 0.250. The van der Waals surface area contributed by atoms with Crippen molar-refractivity contribution in [2.75, 3.05) is 12.3 Å². The van der Waals surface area contributed by atoms with Gasteiger partial charge in [0.2, 0.25) is 0 Å². The smallest absolute Gasteiger partial charge is 0.160 e. The number of nitrogens with two attached hydrogens (primary N) is 1. The normalized spacial score (nSPS) is 10.5. The molecule has 0 aliphatic carbocycles. The number of rotatable bonds is 3. The number of ether oxygens (including phenoxy) is 1. The first-order chi connectivity index (χ1) is 8.13. The summed E-state index contributed by atoms with van der Waals surface area (Å²) in [5.41, 5.74) is 8.68. The van der Waals surface area contributed by atoms with Gasteiger partial charge in [0, 0.05) is 5.56 Å². The third-order valence-corrected chi connectivity index (χ3v) is 3.30. The zero-order valence-corrected chi connectivity index (χ0v) is 11.3. The van der Waals surface area contributed by atoms with Gasteiger partial charge in [0.15, 0.2) is 5.82 Å². The van der Waals surface area contributed by atoms with E-state index in [0.29, 0.717) is 12.4 Å². The van der Waals surface area contributed by atoms with E-state index in [9.17, 15) is 0 Å². The number of aromatic nitrogens is 2. The van der Waals surface area contributed by atoms with Gasteiger partial charge in [-0.3, -0.25) is 5.10 Å². The third kappa shape index (κ3) is 2.29. The highest BCUT2D eigenvalue weighted by Crippen LogP contribution is 2.32. The van der Waals surface area contributed by atoms with Crippen LogP contribution in [0.3, 0.4) is 0 Å². The minimum Gasteiger partial charge on any atom is -0.494 e. The lowest BCUT2D eigenvalue weighted by atomic mass is 10.1. The summed E-state index contributed by atoms with van der Waals surface area (Å²) in [6.07, 6.45) is 0. The molecular weight excluding hydrogens is 282 g/mol. The molecule has 0 fully saturated rings. The van der Waals surface area contributed by atoms with Gasteiger partial charge in [0.1, 0.15) is 5.75 Å². The van der Waals surface area contributed by atoms with Crippen molar-refractivity contribution in [1.29, 1.82) is 0 Å². The molecule has 0 aliphatic heterocycles. The lowest BCUT2D eigenvalue weighted by Gasteiger charge is -2.08. The number of hydrogen-bond acceptors (Lipinski definition) is 3. The first kappa shape index (κ1) is 12.0. The summed E-state index contributed by atoms with van der Waals surface area (Å²) >= 11 is 3.41. The van der Waals surface area contributed by atoms with Gasteiger partial charge in [0.05, 0.1) is 16.8 Å². The average Bonchev–Trinajstić information content (AvgIpc) is 2.63. The predicted octanol–water partition coefficient (Wildman–Crippen LogP) is 3.13. The second-order valence-electron chi connectivity index (χ2n) is 3.71. The van der Waals surface area contributed by atoms with Gasteiger partial charge in [-0.25, -0.2) is 0 Å². The monoisotopic (exact) mass is 295 g/mol. The summed E-state index contributed by atoms with van der Waals surface area (Å²) in [6, 6.07) is 5.98. The predicted molar refractivity (Wildman–Crippen MR) is 72.0 cm³/mol. The molecule has 0 saturated carbocycles. The molecule has 0 radical (unpaired) electrons. The molecule has 0 saturated heterocycles. The lowest BCUT2D eigenvalue weighted by molar-refractivity contribution is 0.338. The first-order valence-corrected chi connectivity index (χ1v) is 6.16. The van der Waals surface area contributed by atoms with Crippen molar-refractivity contribution in [3.05, 3.63) is 28.2 Å². The van der Waals surface area contributed by atoms with Crippen LogP contribution in [0.5, 0.6) is 5.75 Å². The Bertz CT molecular complexity index is 537. The number of aromatic amines is 1. The molecule has 1 heterocycles. The minimum atomic E-state index is 0.464. The van der Waals surface area contributed by atoms with Crippen LogP contribution >= 0.6 is 15.9 Å². The van der Waals surface area contributed by atoms with Gasteiger partial charge in [-0.1, -0.05) is 0 Å². The Morgan fingerprint density at radius 3 is 2.76 bits per heavy atom. The quantitative estimate of drug-likeness (QED) is 0.914. The van der Waals surface area contributed by atoms with Gasteiger partial charge in [-0.05, 0) is 53.5 Å². The molecule has 0 bridgehead atoms. The number of nitrogens with one attached hydrogen (secondary N) is 1. The standard InChI is InChI=1S/C12H14BrN3O/c1-3-17-9-5-4-8(6-7(9)2)11-10(13)12(14)16-15-11/h4-6H,3H2,1-2H3,(H3,14,15,16). The maximum Gasteiger partial charge on any atom is 0.160 e. The van der Waals surface area contributed by atoms with E-state index in [1.54, 1.807) is 0 Å². The van der Waals surface area contributed by atoms with Gasteiger partial charge < -0.3 is 10.5 Å². The molecule has 5 heteroatoms. The third-order valence-electron chi connectivity index (χ3n) is 2.50. The second-order valence-corrected chi connectivity index (χ2v) is 4.50. The fourth-order valence-corrected chi connectivity index (χ4v) is 2.06. The van der Waals surface area contributed by atoms with Crippen molar-refractivity contribution in [3.63, 3.8) is 0 Å². The Morgan fingerprint density at radius 1 is 1.47 bits per heavy atom. The maximum atomic E-state index is 5.68. The van der Waals surface area contributed by atoms with Crippen LogP contribution in [0.1, 0.15) is 12.5 Å². The average molecular weight is 296 g/mol. The van der Waals surface area contributed by atoms with Crippen LogP contribution in [0, 0.1) is 6.92 Å². The molecule has 17 heavy (non-hydrogen) atoms. The van der Waals surface area contributed by atoms with Gasteiger partial charge in [0.25, 0.3) is 0 Å². The van der Waals surface area contributed by atoms with Crippen LogP contribution in [-0.2, 0) is 0 Å². The number of H-pyrrole nitrogens is 1. The van der Waals surface area contributed by atoms with Crippen LogP contribution in [0.4, 0.5) is 5.82 Å². The highest BCUT2D eigenvalue weighted by atomic mass is 79.9. The zero-order chi connectivity index (χ0) is 12.4. The van der Waals surface area contributed by atoms with Crippen LogP contribution in [-0.4, -0.2) is 16.8 Å². The molecule has 3 N–H and O–H groups in total. The SMILES string of the molecule is CCOc1ccc(-c2[nH]nc(N)c2Br)cc1C. The van der Waals surface area contributed by atoms with E-state index < -0.39 is 0 Å². The molecule has 0 amide bonds. The molecule has 90 valence electrons. The molecular formula is C12H14BrN3O. The minimum absolute atomic E-state index is 0.464. The summed E-state index contributed by atoms with van der Waals surface area (Å²) in [4.78, 5) is 0.